The van der Waals surface area contributed by atoms with Gasteiger partial charge >= 0.3 is 0 Å². The van der Waals surface area contributed by atoms with Crippen LogP contribution in [-0.4, -0.2) is 11.8 Å². The van der Waals surface area contributed by atoms with Crippen LogP contribution in [0.3, 0.4) is 0 Å². The third kappa shape index (κ3) is 1.87. The molecule has 0 saturated carbocycles. The number of hydrogen-bond acceptors (Lipinski definition) is 3. The normalized spacial score (nSPS) is 14.9. The first-order valence-corrected chi connectivity index (χ1v) is 5.60. The van der Waals surface area contributed by atoms with Crippen molar-refractivity contribution in [2.24, 2.45) is 0 Å². The molecule has 5 heteroatoms. The van der Waals surface area contributed by atoms with Crippen molar-refractivity contribution in [1.82, 2.24) is 0 Å². The monoisotopic (exact) mass is 290 g/mol. The molecule has 0 saturated heterocycles. The summed E-state index contributed by atoms with van der Waals surface area (Å²) in [5.74, 6) is -0.799. The molecule has 0 atom stereocenters. The molecule has 0 radical (unpaired) electrons. The summed E-state index contributed by atoms with van der Waals surface area (Å²) in [6, 6.07) is 6.80. The number of benzene rings is 1. The lowest BCUT2D eigenvalue weighted by Gasteiger charge is -2.16. The Morgan fingerprint density at radius 2 is 2.06 bits per heavy atom. The van der Waals surface area contributed by atoms with E-state index in [-0.39, 0.29) is 11.5 Å². The second-order valence-corrected chi connectivity index (χ2v) is 4.50. The molecule has 2 rings (SSSR count). The fourth-order valence-corrected chi connectivity index (χ4v) is 1.95. The van der Waals surface area contributed by atoms with E-state index in [1.165, 1.54) is 6.08 Å². The van der Waals surface area contributed by atoms with E-state index >= 15 is 0 Å². The molecule has 84 valence electrons. The highest BCUT2D eigenvalue weighted by Crippen LogP contribution is 2.28. The summed E-state index contributed by atoms with van der Waals surface area (Å²) < 4.78 is 0.705. The number of halogens is 1. The van der Waals surface area contributed by atoms with Crippen LogP contribution >= 0.6 is 15.9 Å². The number of amides is 2. The van der Waals surface area contributed by atoms with Crippen LogP contribution in [0.15, 0.2) is 34.3 Å². The van der Waals surface area contributed by atoms with Crippen molar-refractivity contribution in [1.29, 1.82) is 5.26 Å². The highest BCUT2D eigenvalue weighted by molar-refractivity contribution is 9.10. The van der Waals surface area contributed by atoms with Crippen molar-refractivity contribution in [2.45, 2.75) is 6.92 Å². The molecule has 1 aliphatic rings. The minimum Gasteiger partial charge on any atom is -0.269 e. The maximum atomic E-state index is 11.8. The number of imide groups is 1. The lowest BCUT2D eigenvalue weighted by molar-refractivity contribution is -0.120. The van der Waals surface area contributed by atoms with Gasteiger partial charge in [-0.1, -0.05) is 15.9 Å². The zero-order valence-electron chi connectivity index (χ0n) is 8.90. The maximum Gasteiger partial charge on any atom is 0.261 e. The van der Waals surface area contributed by atoms with Crippen LogP contribution in [0.1, 0.15) is 12.5 Å². The van der Waals surface area contributed by atoms with Gasteiger partial charge in [-0.05, 0) is 25.1 Å². The van der Waals surface area contributed by atoms with Gasteiger partial charge in [0, 0.05) is 16.1 Å². The van der Waals surface area contributed by atoms with E-state index in [4.69, 9.17) is 5.26 Å². The molecule has 0 bridgehead atoms. The van der Waals surface area contributed by atoms with E-state index < -0.39 is 5.91 Å². The van der Waals surface area contributed by atoms with E-state index in [1.54, 1.807) is 25.1 Å². The Balaban J connectivity index is 2.56. The summed E-state index contributed by atoms with van der Waals surface area (Å²) in [6.07, 6.45) is 1.27. The summed E-state index contributed by atoms with van der Waals surface area (Å²) in [5, 5.41) is 8.98. The predicted molar refractivity (Wildman–Crippen MR) is 65.1 cm³/mol. The van der Waals surface area contributed by atoms with Gasteiger partial charge in [0.2, 0.25) is 0 Å². The molecule has 0 N–H and O–H groups in total. The van der Waals surface area contributed by atoms with Gasteiger partial charge in [-0.25, -0.2) is 4.90 Å². The van der Waals surface area contributed by atoms with Crippen LogP contribution in [0.4, 0.5) is 5.69 Å². The van der Waals surface area contributed by atoms with E-state index in [1.807, 2.05) is 6.07 Å². The Morgan fingerprint density at radius 1 is 1.35 bits per heavy atom. The minimum absolute atomic E-state index is 0.290. The van der Waals surface area contributed by atoms with Gasteiger partial charge in [-0.3, -0.25) is 9.59 Å². The molecule has 0 unspecified atom stereocenters. The first-order valence-electron chi connectivity index (χ1n) is 4.81. The maximum absolute atomic E-state index is 11.8. The number of nitrogens with zero attached hydrogens (tertiary/aromatic N) is 2. The van der Waals surface area contributed by atoms with Crippen molar-refractivity contribution in [3.63, 3.8) is 0 Å². The van der Waals surface area contributed by atoms with Crippen LogP contribution in [0.25, 0.3) is 0 Å². The van der Waals surface area contributed by atoms with Crippen molar-refractivity contribution in [2.75, 3.05) is 4.90 Å². The van der Waals surface area contributed by atoms with E-state index in [0.29, 0.717) is 15.7 Å². The Bertz CT molecular complexity index is 599. The average molecular weight is 291 g/mol. The van der Waals surface area contributed by atoms with Crippen LogP contribution in [0.2, 0.25) is 0 Å². The largest absolute Gasteiger partial charge is 0.269 e. The molecule has 0 aromatic heterocycles. The van der Waals surface area contributed by atoms with Gasteiger partial charge in [0.15, 0.2) is 0 Å². The standard InChI is InChI=1S/C12H7BrN2O2/c1-7-4-11(16)15(12(7)17)10-5-9(13)3-2-8(10)6-14/h2-5H,1H3. The fraction of sp³-hybridized carbons (Fsp3) is 0.0833. The number of nitriles is 1. The van der Waals surface area contributed by atoms with Crippen molar-refractivity contribution in [3.05, 3.63) is 39.9 Å². The number of carbonyl (C=O) groups excluding carboxylic acids is 2. The van der Waals surface area contributed by atoms with Gasteiger partial charge in [0.1, 0.15) is 6.07 Å². The van der Waals surface area contributed by atoms with Crippen LogP contribution in [-0.2, 0) is 9.59 Å². The van der Waals surface area contributed by atoms with E-state index in [0.717, 1.165) is 4.90 Å². The molecule has 4 nitrogen and oxygen atoms in total. The van der Waals surface area contributed by atoms with Gasteiger partial charge in [-0.2, -0.15) is 5.26 Å². The Morgan fingerprint density at radius 3 is 2.59 bits per heavy atom. The number of carbonyl (C=O) groups is 2. The number of rotatable bonds is 1. The summed E-state index contributed by atoms with van der Waals surface area (Å²) in [7, 11) is 0. The lowest BCUT2D eigenvalue weighted by atomic mass is 10.1. The van der Waals surface area contributed by atoms with E-state index in [2.05, 4.69) is 15.9 Å². The van der Waals surface area contributed by atoms with Gasteiger partial charge in [-0.15, -0.1) is 0 Å². The summed E-state index contributed by atoms with van der Waals surface area (Å²) in [4.78, 5) is 24.5. The molecule has 0 fully saturated rings. The first-order chi connectivity index (χ1) is 8.04. The van der Waals surface area contributed by atoms with Crippen molar-refractivity contribution < 1.29 is 9.59 Å². The van der Waals surface area contributed by atoms with Crippen LogP contribution in [0.5, 0.6) is 0 Å². The molecule has 1 aliphatic heterocycles. The first kappa shape index (κ1) is 11.6. The fourth-order valence-electron chi connectivity index (χ4n) is 1.60. The third-order valence-corrected chi connectivity index (χ3v) is 2.92. The Hall–Kier alpha value is -1.93. The average Bonchev–Trinajstić information content (AvgIpc) is 2.53. The zero-order valence-corrected chi connectivity index (χ0v) is 10.5. The van der Waals surface area contributed by atoms with Crippen molar-refractivity contribution >= 4 is 33.4 Å². The molecule has 17 heavy (non-hydrogen) atoms. The molecular formula is C12H7BrN2O2. The topological polar surface area (TPSA) is 61.2 Å². The smallest absolute Gasteiger partial charge is 0.261 e. The lowest BCUT2D eigenvalue weighted by Crippen LogP contribution is -2.31. The SMILES string of the molecule is CC1=CC(=O)N(c2cc(Br)ccc2C#N)C1=O. The molecule has 0 spiro atoms. The zero-order chi connectivity index (χ0) is 12.6. The molecule has 2 amide bonds. The van der Waals surface area contributed by atoms with Crippen LogP contribution in [0, 0.1) is 11.3 Å². The molecule has 0 aliphatic carbocycles. The summed E-state index contributed by atoms with van der Waals surface area (Å²) in [5.41, 5.74) is 0.974. The predicted octanol–water partition coefficient (Wildman–Crippen LogP) is 2.14. The second kappa shape index (κ2) is 4.15. The number of anilines is 1. The summed E-state index contributed by atoms with van der Waals surface area (Å²) >= 11 is 3.25. The Labute approximate surface area is 106 Å². The number of hydrogen-bond donors (Lipinski definition) is 0. The van der Waals surface area contributed by atoms with Crippen LogP contribution < -0.4 is 4.90 Å². The summed E-state index contributed by atoms with van der Waals surface area (Å²) in [6.45, 7) is 1.57. The van der Waals surface area contributed by atoms with Gasteiger partial charge in [0.25, 0.3) is 11.8 Å². The Kier molecular flexibility index (Phi) is 2.82. The van der Waals surface area contributed by atoms with Gasteiger partial charge < -0.3 is 0 Å². The van der Waals surface area contributed by atoms with Crippen molar-refractivity contribution in [3.8, 4) is 6.07 Å². The molecule has 1 aromatic carbocycles. The molecule has 1 aromatic rings. The van der Waals surface area contributed by atoms with E-state index in [9.17, 15) is 9.59 Å². The van der Waals surface area contributed by atoms with Gasteiger partial charge in [0.05, 0.1) is 11.3 Å². The molecule has 1 heterocycles. The third-order valence-electron chi connectivity index (χ3n) is 2.42. The minimum atomic E-state index is -0.415. The highest BCUT2D eigenvalue weighted by Gasteiger charge is 2.31. The highest BCUT2D eigenvalue weighted by atomic mass is 79.9. The quantitative estimate of drug-likeness (QED) is 0.745. The molecular weight excluding hydrogens is 284 g/mol. The second-order valence-electron chi connectivity index (χ2n) is 3.58.